The molecule has 1 N–H and O–H groups in total. The molecule has 0 spiro atoms. The Morgan fingerprint density at radius 2 is 2.11 bits per heavy atom. The molecule has 146 valence electrons. The molecule has 1 aliphatic rings. The molecule has 0 aliphatic carbocycles. The second kappa shape index (κ2) is 8.63. The van der Waals surface area contributed by atoms with Crippen LogP contribution in [0.2, 0.25) is 0 Å². The van der Waals surface area contributed by atoms with E-state index in [1.165, 1.54) is 0 Å². The van der Waals surface area contributed by atoms with E-state index in [4.69, 9.17) is 4.42 Å². The molecular weight excluding hydrogens is 344 g/mol. The molecule has 0 bridgehead atoms. The van der Waals surface area contributed by atoms with Gasteiger partial charge in [0.25, 0.3) is 5.91 Å². The van der Waals surface area contributed by atoms with Gasteiger partial charge in [-0.2, -0.15) is 0 Å². The number of aliphatic hydroxyl groups is 1. The standard InChI is InChI=1S/C20H28N4O3/c1-4-18-22-15(3)19(27-18)20(26)24-10-9-23(17(13-24)8-11-25)12-16-7-5-6-14(2)21-16/h5-7,17,25H,4,8-13H2,1-3H3/t17-/m0/s1. The number of aryl methyl sites for hydroxylation is 3. The fourth-order valence-corrected chi connectivity index (χ4v) is 3.55. The highest BCUT2D eigenvalue weighted by molar-refractivity contribution is 5.92. The number of hydrogen-bond donors (Lipinski definition) is 1. The summed E-state index contributed by atoms with van der Waals surface area (Å²) in [6.45, 7) is 8.47. The van der Waals surface area contributed by atoms with Crippen LogP contribution < -0.4 is 0 Å². The normalized spacial score (nSPS) is 18.1. The number of carbonyl (C=O) groups is 1. The number of amides is 1. The molecule has 1 saturated heterocycles. The first-order valence-electron chi connectivity index (χ1n) is 9.54. The fraction of sp³-hybridized carbons (Fsp3) is 0.550. The molecule has 1 aliphatic heterocycles. The van der Waals surface area contributed by atoms with E-state index in [-0.39, 0.29) is 18.6 Å². The quantitative estimate of drug-likeness (QED) is 0.835. The number of aromatic nitrogens is 2. The smallest absolute Gasteiger partial charge is 0.291 e. The number of hydrogen-bond acceptors (Lipinski definition) is 6. The Hall–Kier alpha value is -2.25. The van der Waals surface area contributed by atoms with Crippen LogP contribution in [0.3, 0.4) is 0 Å². The maximum atomic E-state index is 12.9. The minimum absolute atomic E-state index is 0.0869. The molecule has 1 fully saturated rings. The predicted molar refractivity (Wildman–Crippen MR) is 101 cm³/mol. The zero-order valence-corrected chi connectivity index (χ0v) is 16.3. The van der Waals surface area contributed by atoms with Crippen molar-refractivity contribution < 1.29 is 14.3 Å². The molecule has 3 heterocycles. The van der Waals surface area contributed by atoms with Gasteiger partial charge in [-0.05, 0) is 32.4 Å². The second-order valence-electron chi connectivity index (χ2n) is 7.03. The van der Waals surface area contributed by atoms with Gasteiger partial charge < -0.3 is 14.4 Å². The zero-order chi connectivity index (χ0) is 19.4. The van der Waals surface area contributed by atoms with Crippen LogP contribution in [-0.4, -0.2) is 63.1 Å². The lowest BCUT2D eigenvalue weighted by Gasteiger charge is -2.41. The van der Waals surface area contributed by atoms with E-state index in [1.807, 2.05) is 36.9 Å². The van der Waals surface area contributed by atoms with E-state index in [9.17, 15) is 9.90 Å². The molecule has 2 aromatic heterocycles. The third-order valence-corrected chi connectivity index (χ3v) is 5.00. The maximum absolute atomic E-state index is 12.9. The Bertz CT molecular complexity index is 789. The number of oxazole rings is 1. The molecule has 0 unspecified atom stereocenters. The highest BCUT2D eigenvalue weighted by Gasteiger charge is 2.32. The monoisotopic (exact) mass is 372 g/mol. The third kappa shape index (κ3) is 4.54. The van der Waals surface area contributed by atoms with E-state index >= 15 is 0 Å². The van der Waals surface area contributed by atoms with E-state index < -0.39 is 0 Å². The molecule has 2 aromatic rings. The van der Waals surface area contributed by atoms with Crippen LogP contribution in [0.15, 0.2) is 22.6 Å². The summed E-state index contributed by atoms with van der Waals surface area (Å²) in [6, 6.07) is 6.10. The van der Waals surface area contributed by atoms with Crippen LogP contribution in [0.4, 0.5) is 0 Å². The first-order chi connectivity index (χ1) is 13.0. The molecule has 3 rings (SSSR count). The predicted octanol–water partition coefficient (Wildman–Crippen LogP) is 1.96. The summed E-state index contributed by atoms with van der Waals surface area (Å²) >= 11 is 0. The van der Waals surface area contributed by atoms with Crippen molar-refractivity contribution in [2.75, 3.05) is 26.2 Å². The Kier molecular flexibility index (Phi) is 6.23. The summed E-state index contributed by atoms with van der Waals surface area (Å²) in [6.07, 6.45) is 1.28. The summed E-state index contributed by atoms with van der Waals surface area (Å²) in [5, 5.41) is 9.49. The third-order valence-electron chi connectivity index (χ3n) is 5.00. The average Bonchev–Trinajstić information content (AvgIpc) is 3.04. The molecule has 27 heavy (non-hydrogen) atoms. The average molecular weight is 372 g/mol. The van der Waals surface area contributed by atoms with Gasteiger partial charge in [0, 0.05) is 50.9 Å². The van der Waals surface area contributed by atoms with Crippen LogP contribution in [-0.2, 0) is 13.0 Å². The molecule has 1 atom stereocenters. The van der Waals surface area contributed by atoms with Crippen LogP contribution in [0, 0.1) is 13.8 Å². The lowest BCUT2D eigenvalue weighted by Crippen LogP contribution is -2.54. The van der Waals surface area contributed by atoms with Crippen molar-refractivity contribution in [3.05, 3.63) is 46.9 Å². The number of carbonyl (C=O) groups excluding carboxylic acids is 1. The Balaban J connectivity index is 1.71. The van der Waals surface area contributed by atoms with Crippen molar-refractivity contribution in [2.24, 2.45) is 0 Å². The largest absolute Gasteiger partial charge is 0.435 e. The molecule has 0 aromatic carbocycles. The highest BCUT2D eigenvalue weighted by Crippen LogP contribution is 2.20. The molecular formula is C20H28N4O3. The van der Waals surface area contributed by atoms with Crippen molar-refractivity contribution in [3.8, 4) is 0 Å². The first kappa shape index (κ1) is 19.5. The van der Waals surface area contributed by atoms with Crippen molar-refractivity contribution in [2.45, 2.75) is 46.2 Å². The Labute approximate surface area is 160 Å². The van der Waals surface area contributed by atoms with Crippen molar-refractivity contribution >= 4 is 5.91 Å². The molecule has 0 saturated carbocycles. The first-order valence-corrected chi connectivity index (χ1v) is 9.54. The van der Waals surface area contributed by atoms with Crippen LogP contribution in [0.1, 0.15) is 46.9 Å². The van der Waals surface area contributed by atoms with Crippen LogP contribution in [0.5, 0.6) is 0 Å². The van der Waals surface area contributed by atoms with Gasteiger partial charge in [0.15, 0.2) is 5.89 Å². The summed E-state index contributed by atoms with van der Waals surface area (Å²) in [7, 11) is 0. The fourth-order valence-electron chi connectivity index (χ4n) is 3.55. The summed E-state index contributed by atoms with van der Waals surface area (Å²) < 4.78 is 5.63. The van der Waals surface area contributed by atoms with Gasteiger partial charge in [0.1, 0.15) is 0 Å². The van der Waals surface area contributed by atoms with Gasteiger partial charge in [-0.3, -0.25) is 14.7 Å². The molecule has 1 amide bonds. The minimum atomic E-state index is -0.115. The number of rotatable bonds is 6. The lowest BCUT2D eigenvalue weighted by atomic mass is 10.1. The summed E-state index contributed by atoms with van der Waals surface area (Å²) in [5.41, 5.74) is 2.64. The van der Waals surface area contributed by atoms with Crippen LogP contribution >= 0.6 is 0 Å². The van der Waals surface area contributed by atoms with Crippen molar-refractivity contribution in [3.63, 3.8) is 0 Å². The number of nitrogens with zero attached hydrogens (tertiary/aromatic N) is 4. The molecule has 7 nitrogen and oxygen atoms in total. The number of pyridine rings is 1. The molecule has 7 heteroatoms. The van der Waals surface area contributed by atoms with E-state index in [0.717, 1.165) is 24.5 Å². The van der Waals surface area contributed by atoms with Gasteiger partial charge in [0.2, 0.25) is 5.76 Å². The van der Waals surface area contributed by atoms with E-state index in [0.29, 0.717) is 43.3 Å². The van der Waals surface area contributed by atoms with Crippen LogP contribution in [0.25, 0.3) is 0 Å². The van der Waals surface area contributed by atoms with Gasteiger partial charge in [-0.15, -0.1) is 0 Å². The molecule has 0 radical (unpaired) electrons. The minimum Gasteiger partial charge on any atom is -0.435 e. The summed E-state index contributed by atoms with van der Waals surface area (Å²) in [4.78, 5) is 25.9. The number of piperazine rings is 1. The van der Waals surface area contributed by atoms with Gasteiger partial charge in [0.05, 0.1) is 11.4 Å². The Morgan fingerprint density at radius 3 is 2.78 bits per heavy atom. The van der Waals surface area contributed by atoms with Gasteiger partial charge in [-0.1, -0.05) is 13.0 Å². The van der Waals surface area contributed by atoms with Crippen molar-refractivity contribution in [1.29, 1.82) is 0 Å². The maximum Gasteiger partial charge on any atom is 0.291 e. The Morgan fingerprint density at radius 1 is 1.30 bits per heavy atom. The lowest BCUT2D eigenvalue weighted by molar-refractivity contribution is 0.0366. The van der Waals surface area contributed by atoms with E-state index in [1.54, 1.807) is 6.92 Å². The summed E-state index contributed by atoms with van der Waals surface area (Å²) in [5.74, 6) is 0.811. The topological polar surface area (TPSA) is 82.7 Å². The number of aliphatic hydroxyl groups excluding tert-OH is 1. The van der Waals surface area contributed by atoms with Crippen molar-refractivity contribution in [1.82, 2.24) is 19.8 Å². The highest BCUT2D eigenvalue weighted by atomic mass is 16.4. The van der Waals surface area contributed by atoms with E-state index in [2.05, 4.69) is 14.9 Å². The zero-order valence-electron chi connectivity index (χ0n) is 16.3. The SMILES string of the molecule is CCc1nc(C)c(C(=O)N2CCN(Cc3cccc(C)n3)[C@@H](CCO)C2)o1. The second-order valence-corrected chi connectivity index (χ2v) is 7.03. The van der Waals surface area contributed by atoms with Gasteiger partial charge in [-0.25, -0.2) is 4.98 Å². The van der Waals surface area contributed by atoms with Gasteiger partial charge >= 0.3 is 0 Å².